The van der Waals surface area contributed by atoms with Crippen LogP contribution in [0.1, 0.15) is 52.9 Å². The van der Waals surface area contributed by atoms with E-state index in [4.69, 9.17) is 4.74 Å². The van der Waals surface area contributed by atoms with Gasteiger partial charge in [-0.05, 0) is 56.3 Å². The van der Waals surface area contributed by atoms with Crippen molar-refractivity contribution in [2.24, 2.45) is 17.3 Å². The Hall–Kier alpha value is -0.300. The molecule has 0 aromatic rings. The molecule has 0 amide bonds. The minimum atomic E-state index is 0.307. The Morgan fingerprint density at radius 2 is 2.06 bits per heavy atom. The largest absolute Gasteiger partial charge is 0.369 e. The molecular formula is C15H24O. The number of fused-ring (bicyclic) bond motifs is 2. The molecule has 1 saturated heterocycles. The van der Waals surface area contributed by atoms with E-state index in [1.165, 1.54) is 32.1 Å². The number of rotatable bonds is 0. The Kier molecular flexibility index (Phi) is 2.27. The molecule has 1 aliphatic heterocycles. The standard InChI is InChI=1S/C15H24O/c1-11-5-4-8-15(10-16-15)13-9-14(2,3)12(13)7-6-11/h5,12-13H,4,6-10H2,1-3H3/t12-,13+,15-/m0/s1. The predicted molar refractivity (Wildman–Crippen MR) is 66.3 cm³/mol. The lowest BCUT2D eigenvalue weighted by molar-refractivity contribution is -0.0642. The van der Waals surface area contributed by atoms with E-state index in [1.807, 2.05) is 0 Å². The van der Waals surface area contributed by atoms with Crippen molar-refractivity contribution >= 4 is 0 Å². The van der Waals surface area contributed by atoms with Gasteiger partial charge in [-0.3, -0.25) is 0 Å². The quantitative estimate of drug-likeness (QED) is 0.445. The lowest BCUT2D eigenvalue weighted by Crippen LogP contribution is -2.50. The summed E-state index contributed by atoms with van der Waals surface area (Å²) in [4.78, 5) is 0. The van der Waals surface area contributed by atoms with Gasteiger partial charge in [-0.2, -0.15) is 0 Å². The second kappa shape index (κ2) is 3.35. The second-order valence-electron chi connectivity index (χ2n) is 6.89. The van der Waals surface area contributed by atoms with Gasteiger partial charge >= 0.3 is 0 Å². The molecule has 0 aromatic heterocycles. The minimum absolute atomic E-state index is 0.307. The normalized spacial score (nSPS) is 45.8. The van der Waals surface area contributed by atoms with Gasteiger partial charge in [-0.1, -0.05) is 25.5 Å². The Bertz CT molecular complexity index is 322. The number of allylic oxidation sites excluding steroid dienone is 2. The Labute approximate surface area is 99.3 Å². The molecule has 1 heterocycles. The fourth-order valence-electron chi connectivity index (χ4n) is 4.07. The van der Waals surface area contributed by atoms with Gasteiger partial charge in [0.1, 0.15) is 0 Å². The molecule has 90 valence electrons. The van der Waals surface area contributed by atoms with Crippen LogP contribution in [0.3, 0.4) is 0 Å². The SMILES string of the molecule is CC1=CCC[C@]2(CO2)[C@@H]2CC(C)(C)[C@H]2CC1. The van der Waals surface area contributed by atoms with Gasteiger partial charge in [-0.15, -0.1) is 0 Å². The molecule has 1 heteroatoms. The molecule has 2 aliphatic carbocycles. The van der Waals surface area contributed by atoms with Gasteiger partial charge in [-0.25, -0.2) is 0 Å². The highest BCUT2D eigenvalue weighted by atomic mass is 16.6. The minimum Gasteiger partial charge on any atom is -0.369 e. The summed E-state index contributed by atoms with van der Waals surface area (Å²) in [6.07, 6.45) is 9.01. The third kappa shape index (κ3) is 1.55. The Balaban J connectivity index is 1.82. The van der Waals surface area contributed by atoms with Crippen LogP contribution in [-0.4, -0.2) is 12.2 Å². The molecule has 3 aliphatic rings. The number of hydrogen-bond acceptors (Lipinski definition) is 1. The van der Waals surface area contributed by atoms with Crippen molar-refractivity contribution in [1.29, 1.82) is 0 Å². The van der Waals surface area contributed by atoms with E-state index < -0.39 is 0 Å². The van der Waals surface area contributed by atoms with Gasteiger partial charge in [0.25, 0.3) is 0 Å². The zero-order chi connectivity index (χ0) is 11.4. The average molecular weight is 220 g/mol. The third-order valence-electron chi connectivity index (χ3n) is 5.34. The molecule has 0 N–H and O–H groups in total. The van der Waals surface area contributed by atoms with Crippen molar-refractivity contribution in [3.8, 4) is 0 Å². The van der Waals surface area contributed by atoms with Crippen LogP contribution in [0.15, 0.2) is 11.6 Å². The molecule has 16 heavy (non-hydrogen) atoms. The van der Waals surface area contributed by atoms with Crippen molar-refractivity contribution in [2.75, 3.05) is 6.61 Å². The molecule has 3 rings (SSSR count). The molecule has 0 unspecified atom stereocenters. The fourth-order valence-corrected chi connectivity index (χ4v) is 4.07. The van der Waals surface area contributed by atoms with Crippen LogP contribution in [0.2, 0.25) is 0 Å². The van der Waals surface area contributed by atoms with Gasteiger partial charge < -0.3 is 4.74 Å². The molecule has 3 atom stereocenters. The first kappa shape index (κ1) is 10.8. The van der Waals surface area contributed by atoms with E-state index in [2.05, 4.69) is 26.8 Å². The molecule has 0 aromatic carbocycles. The zero-order valence-electron chi connectivity index (χ0n) is 10.9. The first-order chi connectivity index (χ1) is 7.54. The molecule has 1 spiro atoms. The van der Waals surface area contributed by atoms with Crippen molar-refractivity contribution in [1.82, 2.24) is 0 Å². The van der Waals surface area contributed by atoms with E-state index in [-0.39, 0.29) is 0 Å². The van der Waals surface area contributed by atoms with Crippen molar-refractivity contribution < 1.29 is 4.74 Å². The molecule has 1 nitrogen and oxygen atoms in total. The van der Waals surface area contributed by atoms with Crippen LogP contribution >= 0.6 is 0 Å². The third-order valence-corrected chi connectivity index (χ3v) is 5.34. The van der Waals surface area contributed by atoms with Crippen molar-refractivity contribution in [3.63, 3.8) is 0 Å². The zero-order valence-corrected chi connectivity index (χ0v) is 10.9. The average Bonchev–Trinajstić information content (AvgIpc) is 2.94. The summed E-state index contributed by atoms with van der Waals surface area (Å²) in [5, 5.41) is 0. The van der Waals surface area contributed by atoms with E-state index in [0.717, 1.165) is 18.4 Å². The van der Waals surface area contributed by atoms with E-state index in [1.54, 1.807) is 5.57 Å². The highest BCUT2D eigenvalue weighted by Crippen LogP contribution is 2.62. The Morgan fingerprint density at radius 1 is 1.31 bits per heavy atom. The monoisotopic (exact) mass is 220 g/mol. The molecule has 0 radical (unpaired) electrons. The van der Waals surface area contributed by atoms with Crippen molar-refractivity contribution in [2.45, 2.75) is 58.5 Å². The molecule has 2 fully saturated rings. The van der Waals surface area contributed by atoms with Crippen LogP contribution < -0.4 is 0 Å². The molecule has 0 bridgehead atoms. The maximum absolute atomic E-state index is 5.86. The highest BCUT2D eigenvalue weighted by molar-refractivity contribution is 5.13. The fraction of sp³-hybridized carbons (Fsp3) is 0.867. The maximum Gasteiger partial charge on any atom is 0.0950 e. The smallest absolute Gasteiger partial charge is 0.0950 e. The molecule has 1 saturated carbocycles. The predicted octanol–water partition coefficient (Wildman–Crippen LogP) is 3.94. The van der Waals surface area contributed by atoms with Crippen LogP contribution in [-0.2, 0) is 4.74 Å². The van der Waals surface area contributed by atoms with Crippen LogP contribution in [0.25, 0.3) is 0 Å². The number of epoxide rings is 1. The van der Waals surface area contributed by atoms with Gasteiger partial charge in [0.2, 0.25) is 0 Å². The maximum atomic E-state index is 5.86. The van der Waals surface area contributed by atoms with Gasteiger partial charge in [0.15, 0.2) is 0 Å². The van der Waals surface area contributed by atoms with Gasteiger partial charge in [0, 0.05) is 0 Å². The first-order valence-electron chi connectivity index (χ1n) is 6.83. The summed E-state index contributed by atoms with van der Waals surface area (Å²) >= 11 is 0. The van der Waals surface area contributed by atoms with E-state index in [9.17, 15) is 0 Å². The van der Waals surface area contributed by atoms with E-state index >= 15 is 0 Å². The summed E-state index contributed by atoms with van der Waals surface area (Å²) in [5.41, 5.74) is 2.47. The second-order valence-corrected chi connectivity index (χ2v) is 6.89. The van der Waals surface area contributed by atoms with Crippen LogP contribution in [0.5, 0.6) is 0 Å². The van der Waals surface area contributed by atoms with E-state index in [0.29, 0.717) is 11.0 Å². The number of ether oxygens (including phenoxy) is 1. The van der Waals surface area contributed by atoms with Crippen LogP contribution in [0.4, 0.5) is 0 Å². The van der Waals surface area contributed by atoms with Crippen molar-refractivity contribution in [3.05, 3.63) is 11.6 Å². The Morgan fingerprint density at radius 3 is 2.69 bits per heavy atom. The lowest BCUT2D eigenvalue weighted by atomic mass is 9.50. The van der Waals surface area contributed by atoms with Crippen LogP contribution in [0, 0.1) is 17.3 Å². The summed E-state index contributed by atoms with van der Waals surface area (Å²) in [7, 11) is 0. The summed E-state index contributed by atoms with van der Waals surface area (Å²) in [6, 6.07) is 0. The summed E-state index contributed by atoms with van der Waals surface area (Å²) in [6.45, 7) is 8.23. The highest BCUT2D eigenvalue weighted by Gasteiger charge is 2.62. The summed E-state index contributed by atoms with van der Waals surface area (Å²) in [5.74, 6) is 1.76. The summed E-state index contributed by atoms with van der Waals surface area (Å²) < 4.78 is 5.86. The number of hydrogen-bond donors (Lipinski definition) is 0. The van der Waals surface area contributed by atoms with Gasteiger partial charge in [0.05, 0.1) is 12.2 Å². The first-order valence-corrected chi connectivity index (χ1v) is 6.83. The molecular weight excluding hydrogens is 196 g/mol. The topological polar surface area (TPSA) is 12.5 Å². The lowest BCUT2D eigenvalue weighted by Gasteiger charge is -2.54.